The molecule has 0 radical (unpaired) electrons. The lowest BCUT2D eigenvalue weighted by Crippen LogP contribution is -2.53. The molecule has 1 saturated carbocycles. The Hall–Kier alpha value is -2.53. The first-order valence-corrected chi connectivity index (χ1v) is 11.2. The molecule has 5 nitrogen and oxygen atoms in total. The molecule has 2 aromatic carbocycles. The summed E-state index contributed by atoms with van der Waals surface area (Å²) in [6.07, 6.45) is 8.56. The highest BCUT2D eigenvalue weighted by Gasteiger charge is 2.41. The zero-order chi connectivity index (χ0) is 20.6. The van der Waals surface area contributed by atoms with Crippen molar-refractivity contribution >= 4 is 5.91 Å². The van der Waals surface area contributed by atoms with Gasteiger partial charge in [-0.2, -0.15) is 0 Å². The summed E-state index contributed by atoms with van der Waals surface area (Å²) in [7, 11) is 0. The molecule has 158 valence electrons. The third-order valence-corrected chi connectivity index (χ3v) is 7.13. The van der Waals surface area contributed by atoms with Gasteiger partial charge in [0.25, 0.3) is 0 Å². The van der Waals surface area contributed by atoms with Crippen LogP contribution in [-0.2, 0) is 13.0 Å². The first kappa shape index (κ1) is 19.4. The molecule has 1 aliphatic carbocycles. The molecule has 1 spiro atoms. The Morgan fingerprint density at radius 3 is 2.70 bits per heavy atom. The van der Waals surface area contributed by atoms with Gasteiger partial charge in [-0.1, -0.05) is 18.6 Å². The summed E-state index contributed by atoms with van der Waals surface area (Å²) in [5.41, 5.74) is 8.04. The van der Waals surface area contributed by atoms with Crippen LogP contribution in [0, 0.1) is 0 Å². The Balaban J connectivity index is 1.21. The molecular formula is C25H30N2O3. The van der Waals surface area contributed by atoms with Gasteiger partial charge in [-0.15, -0.1) is 0 Å². The number of carbonyl (C=O) groups is 1. The van der Waals surface area contributed by atoms with Crippen molar-refractivity contribution in [3.05, 3.63) is 59.2 Å². The molecule has 1 saturated heterocycles. The monoisotopic (exact) mass is 406 g/mol. The second-order valence-corrected chi connectivity index (χ2v) is 9.03. The quantitative estimate of drug-likeness (QED) is 0.813. The first-order chi connectivity index (χ1) is 14.6. The number of rotatable bonds is 5. The van der Waals surface area contributed by atoms with Gasteiger partial charge in [0.2, 0.25) is 5.91 Å². The van der Waals surface area contributed by atoms with Crippen LogP contribution in [0.5, 0.6) is 11.5 Å². The van der Waals surface area contributed by atoms with Crippen LogP contribution in [0.2, 0.25) is 0 Å². The lowest BCUT2D eigenvalue weighted by molar-refractivity contribution is -0.0337. The van der Waals surface area contributed by atoms with Gasteiger partial charge < -0.3 is 20.1 Å². The summed E-state index contributed by atoms with van der Waals surface area (Å²) >= 11 is 0. The molecule has 5 heteroatoms. The van der Waals surface area contributed by atoms with Crippen LogP contribution in [0.25, 0.3) is 0 Å². The third-order valence-electron chi connectivity index (χ3n) is 7.13. The number of ether oxygens (including phenoxy) is 2. The number of piperidine rings is 1. The maximum absolute atomic E-state index is 11.4. The highest BCUT2D eigenvalue weighted by Crippen LogP contribution is 2.41. The molecular weight excluding hydrogens is 376 g/mol. The van der Waals surface area contributed by atoms with E-state index in [9.17, 15) is 4.79 Å². The van der Waals surface area contributed by atoms with Gasteiger partial charge in [0, 0.05) is 24.7 Å². The van der Waals surface area contributed by atoms with Crippen molar-refractivity contribution in [3.8, 4) is 11.5 Å². The fraction of sp³-hybridized carbons (Fsp3) is 0.480. The van der Waals surface area contributed by atoms with E-state index in [1.807, 2.05) is 18.2 Å². The van der Waals surface area contributed by atoms with E-state index in [-0.39, 0.29) is 5.60 Å². The van der Waals surface area contributed by atoms with Crippen molar-refractivity contribution in [1.29, 1.82) is 0 Å². The number of aryl methyl sites for hydroxylation is 1. The second-order valence-electron chi connectivity index (χ2n) is 9.03. The number of nitrogens with two attached hydrogens (primary N) is 1. The zero-order valence-electron chi connectivity index (χ0n) is 17.4. The summed E-state index contributed by atoms with van der Waals surface area (Å²) in [5.74, 6) is 1.43. The number of likely N-dealkylation sites (tertiary alicyclic amines) is 1. The zero-order valence-corrected chi connectivity index (χ0v) is 17.4. The summed E-state index contributed by atoms with van der Waals surface area (Å²) in [6, 6.07) is 14.2. The topological polar surface area (TPSA) is 64.8 Å². The summed E-state index contributed by atoms with van der Waals surface area (Å²) in [6.45, 7) is 2.75. The van der Waals surface area contributed by atoms with Crippen LogP contribution < -0.4 is 15.2 Å². The average Bonchev–Trinajstić information content (AvgIpc) is 2.73. The van der Waals surface area contributed by atoms with Crippen LogP contribution >= 0.6 is 0 Å². The molecule has 0 atom stereocenters. The van der Waals surface area contributed by atoms with Crippen LogP contribution in [0.1, 0.15) is 60.0 Å². The standard InChI is InChI=1S/C25H30N2O3/c26-24(28)20-4-1-3-18(15-20)17-29-22-7-8-23-19(16-22)9-10-25(30-23)11-13-27(14-12-25)21-5-2-6-21/h1,3-4,7-8,15-16,21H,2,5-6,9-14,17H2,(H2,26,28). The van der Waals surface area contributed by atoms with Gasteiger partial charge in [0.05, 0.1) is 0 Å². The van der Waals surface area contributed by atoms with Gasteiger partial charge in [0.15, 0.2) is 0 Å². The molecule has 0 bridgehead atoms. The van der Waals surface area contributed by atoms with E-state index in [1.54, 1.807) is 12.1 Å². The molecule has 30 heavy (non-hydrogen) atoms. The largest absolute Gasteiger partial charge is 0.489 e. The first-order valence-electron chi connectivity index (χ1n) is 11.2. The van der Waals surface area contributed by atoms with Crippen LogP contribution in [-0.4, -0.2) is 35.5 Å². The fourth-order valence-corrected chi connectivity index (χ4v) is 4.97. The summed E-state index contributed by atoms with van der Waals surface area (Å²) < 4.78 is 12.5. The molecule has 2 N–H and O–H groups in total. The number of fused-ring (bicyclic) bond motifs is 1. The maximum atomic E-state index is 11.4. The second kappa shape index (κ2) is 7.95. The number of hydrogen-bond donors (Lipinski definition) is 1. The molecule has 0 aromatic heterocycles. The molecule has 2 aromatic rings. The Morgan fingerprint density at radius 2 is 1.97 bits per heavy atom. The number of hydrogen-bond acceptors (Lipinski definition) is 4. The minimum Gasteiger partial charge on any atom is -0.489 e. The van der Waals surface area contributed by atoms with Gasteiger partial charge in [-0.3, -0.25) is 4.79 Å². The van der Waals surface area contributed by atoms with Crippen LogP contribution in [0.3, 0.4) is 0 Å². The van der Waals surface area contributed by atoms with E-state index in [1.165, 1.54) is 37.9 Å². The third kappa shape index (κ3) is 3.91. The molecule has 1 amide bonds. The fourth-order valence-electron chi connectivity index (χ4n) is 4.97. The number of nitrogens with zero attached hydrogens (tertiary/aromatic N) is 1. The molecule has 0 unspecified atom stereocenters. The lowest BCUT2D eigenvalue weighted by atomic mass is 9.81. The predicted molar refractivity (Wildman–Crippen MR) is 116 cm³/mol. The Kier molecular flexibility index (Phi) is 5.15. The van der Waals surface area contributed by atoms with Crippen molar-refractivity contribution in [3.63, 3.8) is 0 Å². The minimum atomic E-state index is -0.421. The van der Waals surface area contributed by atoms with E-state index in [2.05, 4.69) is 17.0 Å². The van der Waals surface area contributed by atoms with Gasteiger partial charge in [-0.25, -0.2) is 0 Å². The van der Waals surface area contributed by atoms with E-state index >= 15 is 0 Å². The van der Waals surface area contributed by atoms with E-state index in [0.717, 1.165) is 48.8 Å². The lowest BCUT2D eigenvalue weighted by Gasteiger charge is -2.48. The summed E-state index contributed by atoms with van der Waals surface area (Å²) in [4.78, 5) is 14.0. The van der Waals surface area contributed by atoms with E-state index < -0.39 is 5.91 Å². The average molecular weight is 407 g/mol. The molecule has 2 heterocycles. The van der Waals surface area contributed by atoms with Crippen molar-refractivity contribution < 1.29 is 14.3 Å². The maximum Gasteiger partial charge on any atom is 0.248 e. The van der Waals surface area contributed by atoms with E-state index in [4.69, 9.17) is 15.2 Å². The number of amides is 1. The predicted octanol–water partition coefficient (Wildman–Crippen LogP) is 4.08. The molecule has 2 aliphatic heterocycles. The highest BCUT2D eigenvalue weighted by molar-refractivity contribution is 5.92. The Labute approximate surface area is 178 Å². The van der Waals surface area contributed by atoms with Gasteiger partial charge >= 0.3 is 0 Å². The summed E-state index contributed by atoms with van der Waals surface area (Å²) in [5, 5.41) is 0. The van der Waals surface area contributed by atoms with Crippen molar-refractivity contribution in [2.75, 3.05) is 13.1 Å². The highest BCUT2D eigenvalue weighted by atomic mass is 16.5. The van der Waals surface area contributed by atoms with Crippen molar-refractivity contribution in [2.45, 2.75) is 63.2 Å². The number of primary amides is 1. The minimum absolute atomic E-state index is 0.0187. The van der Waals surface area contributed by atoms with Crippen LogP contribution in [0.15, 0.2) is 42.5 Å². The number of benzene rings is 2. The van der Waals surface area contributed by atoms with Gasteiger partial charge in [-0.05, 0) is 80.0 Å². The SMILES string of the molecule is NC(=O)c1cccc(COc2ccc3c(c2)CCC2(CCN(C4CCC4)CC2)O3)c1. The molecule has 5 rings (SSSR count). The Bertz CT molecular complexity index is 930. The van der Waals surface area contributed by atoms with Crippen molar-refractivity contribution in [1.82, 2.24) is 4.90 Å². The smallest absolute Gasteiger partial charge is 0.248 e. The van der Waals surface area contributed by atoms with E-state index in [0.29, 0.717) is 12.2 Å². The molecule has 3 aliphatic rings. The van der Waals surface area contributed by atoms with Crippen molar-refractivity contribution in [2.24, 2.45) is 5.73 Å². The Morgan fingerprint density at radius 1 is 1.13 bits per heavy atom. The number of carbonyl (C=O) groups excluding carboxylic acids is 1. The van der Waals surface area contributed by atoms with Gasteiger partial charge in [0.1, 0.15) is 23.7 Å². The molecule has 2 fully saturated rings. The normalized spacial score (nSPS) is 20.8. The van der Waals surface area contributed by atoms with Crippen LogP contribution in [0.4, 0.5) is 0 Å².